The van der Waals surface area contributed by atoms with Gasteiger partial charge in [-0.3, -0.25) is 9.59 Å². The van der Waals surface area contributed by atoms with Crippen molar-refractivity contribution in [1.82, 2.24) is 0 Å². The van der Waals surface area contributed by atoms with Gasteiger partial charge in [0.2, 0.25) is 15.9 Å². The third-order valence-corrected chi connectivity index (χ3v) is 4.23. The van der Waals surface area contributed by atoms with Crippen molar-refractivity contribution in [3.05, 3.63) is 54.0 Å². The molecule has 3 N–H and O–H groups in total. The lowest BCUT2D eigenvalue weighted by atomic mass is 10.2. The molecule has 0 unspecified atom stereocenters. The van der Waals surface area contributed by atoms with Gasteiger partial charge in [-0.25, -0.2) is 13.6 Å². The zero-order valence-electron chi connectivity index (χ0n) is 14.0. The molecule has 1 heterocycles. The highest BCUT2D eigenvalue weighted by Crippen LogP contribution is 2.15. The van der Waals surface area contributed by atoms with Gasteiger partial charge in [-0.05, 0) is 36.4 Å². The van der Waals surface area contributed by atoms with E-state index in [1.54, 1.807) is 12.1 Å². The van der Waals surface area contributed by atoms with E-state index in [2.05, 4.69) is 10.1 Å². The number of amides is 1. The van der Waals surface area contributed by atoms with E-state index in [1.807, 2.05) is 0 Å². The number of esters is 1. The highest BCUT2D eigenvalue weighted by atomic mass is 32.2. The summed E-state index contributed by atoms with van der Waals surface area (Å²) in [6.45, 7) is 0. The third-order valence-electron chi connectivity index (χ3n) is 3.31. The summed E-state index contributed by atoms with van der Waals surface area (Å²) in [5, 5.41) is 7.58. The van der Waals surface area contributed by atoms with Crippen molar-refractivity contribution in [1.29, 1.82) is 0 Å². The van der Waals surface area contributed by atoms with E-state index in [-0.39, 0.29) is 17.3 Å². The first-order valence-electron chi connectivity index (χ1n) is 7.55. The molecule has 0 aliphatic carbocycles. The number of nitrogens with one attached hydrogen (secondary N) is 1. The smallest absolute Gasteiger partial charge is 0.305 e. The van der Waals surface area contributed by atoms with Crippen molar-refractivity contribution in [2.75, 3.05) is 12.4 Å². The molecule has 2 rings (SSSR count). The molecule has 1 aromatic carbocycles. The number of benzene rings is 1. The Bertz CT molecular complexity index is 930. The van der Waals surface area contributed by atoms with Crippen molar-refractivity contribution in [3.8, 4) is 0 Å². The van der Waals surface area contributed by atoms with Gasteiger partial charge < -0.3 is 14.5 Å². The van der Waals surface area contributed by atoms with Crippen LogP contribution in [-0.4, -0.2) is 27.4 Å². The number of furan rings is 1. The number of hydrogen-bond acceptors (Lipinski definition) is 6. The van der Waals surface area contributed by atoms with E-state index >= 15 is 0 Å². The molecule has 0 spiro atoms. The lowest BCUT2D eigenvalue weighted by molar-refractivity contribution is -0.140. The fraction of sp³-hybridized carbons (Fsp3) is 0.176. The first-order chi connectivity index (χ1) is 12.3. The fourth-order valence-electron chi connectivity index (χ4n) is 2.04. The SMILES string of the molecule is COC(=O)CCc1ccc(/C=C/C(=O)Nc2cccc(S(N)(=O)=O)c2)o1. The molecule has 0 saturated carbocycles. The average Bonchev–Trinajstić information content (AvgIpc) is 3.05. The Hall–Kier alpha value is -2.91. The Morgan fingerprint density at radius 1 is 1.27 bits per heavy atom. The first kappa shape index (κ1) is 19.4. The predicted octanol–water partition coefficient (Wildman–Crippen LogP) is 1.68. The maximum Gasteiger partial charge on any atom is 0.305 e. The Morgan fingerprint density at radius 2 is 2.04 bits per heavy atom. The van der Waals surface area contributed by atoms with Crippen LogP contribution in [0.15, 0.2) is 51.8 Å². The number of aryl methyl sites for hydroxylation is 1. The summed E-state index contributed by atoms with van der Waals surface area (Å²) in [6, 6.07) is 8.98. The van der Waals surface area contributed by atoms with Gasteiger partial charge in [0, 0.05) is 18.2 Å². The Kier molecular flexibility index (Phi) is 6.31. The van der Waals surface area contributed by atoms with Gasteiger partial charge in [-0.2, -0.15) is 0 Å². The zero-order chi connectivity index (χ0) is 19.2. The molecule has 0 fully saturated rings. The standard InChI is InChI=1S/C17H18N2O6S/c1-24-17(21)10-8-14-6-5-13(25-14)7-9-16(20)19-12-3-2-4-15(11-12)26(18,22)23/h2-7,9,11H,8,10H2,1H3,(H,19,20)(H2,18,22,23)/b9-7+. The average molecular weight is 378 g/mol. The Balaban J connectivity index is 1.96. The highest BCUT2D eigenvalue weighted by Gasteiger charge is 2.09. The molecule has 8 nitrogen and oxygen atoms in total. The van der Waals surface area contributed by atoms with E-state index in [9.17, 15) is 18.0 Å². The molecule has 0 radical (unpaired) electrons. The van der Waals surface area contributed by atoms with E-state index in [1.165, 1.54) is 43.5 Å². The number of nitrogens with two attached hydrogens (primary N) is 1. The minimum absolute atomic E-state index is 0.0967. The van der Waals surface area contributed by atoms with Gasteiger partial charge in [0.1, 0.15) is 11.5 Å². The summed E-state index contributed by atoms with van der Waals surface area (Å²) < 4.78 is 32.6. The monoisotopic (exact) mass is 378 g/mol. The topological polar surface area (TPSA) is 129 Å². The van der Waals surface area contributed by atoms with Crippen molar-refractivity contribution < 1.29 is 27.2 Å². The summed E-state index contributed by atoms with van der Waals surface area (Å²) in [5.41, 5.74) is 0.296. The normalized spacial score (nSPS) is 11.5. The van der Waals surface area contributed by atoms with E-state index in [0.717, 1.165) is 0 Å². The molecule has 138 valence electrons. The first-order valence-corrected chi connectivity index (χ1v) is 9.10. The van der Waals surface area contributed by atoms with Crippen molar-refractivity contribution >= 4 is 33.7 Å². The number of primary sulfonamides is 1. The highest BCUT2D eigenvalue weighted by molar-refractivity contribution is 7.89. The predicted molar refractivity (Wildman–Crippen MR) is 94.5 cm³/mol. The maximum absolute atomic E-state index is 11.9. The number of methoxy groups -OCH3 is 1. The number of sulfonamides is 1. The van der Waals surface area contributed by atoms with Crippen LogP contribution in [0.2, 0.25) is 0 Å². The minimum Gasteiger partial charge on any atom is -0.469 e. The second kappa shape index (κ2) is 8.45. The van der Waals surface area contributed by atoms with Gasteiger partial charge in [0.05, 0.1) is 18.4 Å². The van der Waals surface area contributed by atoms with Gasteiger partial charge in [0.25, 0.3) is 0 Å². The second-order valence-electron chi connectivity index (χ2n) is 5.28. The second-order valence-corrected chi connectivity index (χ2v) is 6.84. The molecule has 9 heteroatoms. The van der Waals surface area contributed by atoms with Crippen LogP contribution in [0, 0.1) is 0 Å². The maximum atomic E-state index is 11.9. The summed E-state index contributed by atoms with van der Waals surface area (Å²) in [7, 11) is -2.53. The van der Waals surface area contributed by atoms with Crippen LogP contribution < -0.4 is 10.5 Å². The van der Waals surface area contributed by atoms with Crippen molar-refractivity contribution in [2.24, 2.45) is 5.14 Å². The largest absolute Gasteiger partial charge is 0.469 e. The molecule has 0 aliphatic rings. The molecule has 2 aromatic rings. The van der Waals surface area contributed by atoms with Crippen LogP contribution >= 0.6 is 0 Å². The van der Waals surface area contributed by atoms with E-state index in [4.69, 9.17) is 9.56 Å². The minimum atomic E-state index is -3.84. The summed E-state index contributed by atoms with van der Waals surface area (Å²) >= 11 is 0. The number of anilines is 1. The quantitative estimate of drug-likeness (QED) is 0.557. The number of carbonyl (C=O) groups excluding carboxylic acids is 2. The fourth-order valence-corrected chi connectivity index (χ4v) is 2.60. The Morgan fingerprint density at radius 3 is 2.73 bits per heavy atom. The van der Waals surface area contributed by atoms with Crippen LogP contribution in [0.5, 0.6) is 0 Å². The molecule has 0 saturated heterocycles. The Labute approximate surface area is 150 Å². The summed E-state index contributed by atoms with van der Waals surface area (Å²) in [6.07, 6.45) is 3.30. The summed E-state index contributed by atoms with van der Waals surface area (Å²) in [5.74, 6) is 0.235. The molecular weight excluding hydrogens is 360 g/mol. The van der Waals surface area contributed by atoms with Gasteiger partial charge in [-0.15, -0.1) is 0 Å². The zero-order valence-corrected chi connectivity index (χ0v) is 14.8. The van der Waals surface area contributed by atoms with Gasteiger partial charge in [-0.1, -0.05) is 6.07 Å². The van der Waals surface area contributed by atoms with Crippen LogP contribution in [0.25, 0.3) is 6.08 Å². The lowest BCUT2D eigenvalue weighted by Crippen LogP contribution is -2.13. The number of rotatable bonds is 7. The van der Waals surface area contributed by atoms with Crippen LogP contribution in [0.4, 0.5) is 5.69 Å². The van der Waals surface area contributed by atoms with Gasteiger partial charge in [0.15, 0.2) is 0 Å². The van der Waals surface area contributed by atoms with E-state index in [0.29, 0.717) is 23.6 Å². The van der Waals surface area contributed by atoms with E-state index < -0.39 is 15.9 Å². The third kappa shape index (κ3) is 5.87. The molecule has 1 amide bonds. The summed E-state index contributed by atoms with van der Waals surface area (Å²) in [4.78, 5) is 22.9. The molecule has 0 bridgehead atoms. The molecular formula is C17H18N2O6S. The van der Waals surface area contributed by atoms with Crippen LogP contribution in [-0.2, 0) is 30.8 Å². The van der Waals surface area contributed by atoms with Crippen LogP contribution in [0.3, 0.4) is 0 Å². The van der Waals surface area contributed by atoms with Crippen molar-refractivity contribution in [2.45, 2.75) is 17.7 Å². The molecule has 0 aliphatic heterocycles. The van der Waals surface area contributed by atoms with Crippen molar-refractivity contribution in [3.63, 3.8) is 0 Å². The number of hydrogen-bond donors (Lipinski definition) is 2. The number of ether oxygens (including phenoxy) is 1. The number of carbonyl (C=O) groups is 2. The lowest BCUT2D eigenvalue weighted by Gasteiger charge is -2.04. The van der Waals surface area contributed by atoms with Crippen LogP contribution in [0.1, 0.15) is 17.9 Å². The molecule has 1 aromatic heterocycles. The molecule has 26 heavy (non-hydrogen) atoms. The van der Waals surface area contributed by atoms with Gasteiger partial charge >= 0.3 is 5.97 Å². The molecule has 0 atom stereocenters.